The number of pyridine rings is 1. The maximum absolute atomic E-state index is 11.9. The highest BCUT2D eigenvalue weighted by Gasteiger charge is 2.15. The van der Waals surface area contributed by atoms with Crippen LogP contribution in [-0.4, -0.2) is 38.3 Å². The van der Waals surface area contributed by atoms with Crippen LogP contribution in [0.25, 0.3) is 5.82 Å². The third-order valence-electron chi connectivity index (χ3n) is 2.75. The van der Waals surface area contributed by atoms with Crippen molar-refractivity contribution in [1.29, 1.82) is 0 Å². The first-order valence-electron chi connectivity index (χ1n) is 6.05. The normalized spacial score (nSPS) is 10.2. The molecule has 104 valence electrons. The molecule has 2 aromatic rings. The molecule has 0 atom stereocenters. The zero-order valence-corrected chi connectivity index (χ0v) is 10.9. The van der Waals surface area contributed by atoms with Crippen LogP contribution in [0.1, 0.15) is 22.5 Å². The molecule has 2 aromatic heterocycles. The average Bonchev–Trinajstić information content (AvgIpc) is 2.81. The smallest absolute Gasteiger partial charge is 0.305 e. The third kappa shape index (κ3) is 3.00. The maximum Gasteiger partial charge on any atom is 0.305 e. The van der Waals surface area contributed by atoms with Gasteiger partial charge >= 0.3 is 5.97 Å². The lowest BCUT2D eigenvalue weighted by molar-refractivity contribution is -0.136. The molecule has 0 aliphatic rings. The highest BCUT2D eigenvalue weighted by Crippen LogP contribution is 2.11. The van der Waals surface area contributed by atoms with Gasteiger partial charge in [0.05, 0.1) is 23.9 Å². The molecule has 0 fully saturated rings. The lowest BCUT2D eigenvalue weighted by Gasteiger charge is -2.05. The highest BCUT2D eigenvalue weighted by molar-refractivity contribution is 5.95. The number of aliphatic carboxylic acids is 1. The van der Waals surface area contributed by atoms with Gasteiger partial charge < -0.3 is 10.4 Å². The Morgan fingerprint density at radius 3 is 2.85 bits per heavy atom. The van der Waals surface area contributed by atoms with Gasteiger partial charge in [0, 0.05) is 12.7 Å². The SMILES string of the molecule is Cc1c(C(=O)NCCC(=O)O)cnn1-c1ccccn1. The standard InChI is InChI=1S/C13H14N4O3/c1-9-10(13(20)15-7-5-12(18)19)8-16-17(9)11-4-2-3-6-14-11/h2-4,6,8H,5,7H2,1H3,(H,15,20)(H,18,19). The summed E-state index contributed by atoms with van der Waals surface area (Å²) in [6.45, 7) is 1.84. The molecular formula is C13H14N4O3. The number of carbonyl (C=O) groups is 2. The van der Waals surface area contributed by atoms with Crippen LogP contribution in [0.15, 0.2) is 30.6 Å². The Bertz CT molecular complexity index is 622. The average molecular weight is 274 g/mol. The second-order valence-corrected chi connectivity index (χ2v) is 4.14. The monoisotopic (exact) mass is 274 g/mol. The quantitative estimate of drug-likeness (QED) is 0.839. The van der Waals surface area contributed by atoms with E-state index in [9.17, 15) is 9.59 Å². The van der Waals surface area contributed by atoms with Gasteiger partial charge in [-0.2, -0.15) is 5.10 Å². The summed E-state index contributed by atoms with van der Waals surface area (Å²) in [4.78, 5) is 26.5. The fourth-order valence-electron chi connectivity index (χ4n) is 1.72. The van der Waals surface area contributed by atoms with E-state index >= 15 is 0 Å². The molecule has 2 rings (SSSR count). The van der Waals surface area contributed by atoms with Crippen molar-refractivity contribution in [3.05, 3.63) is 41.9 Å². The number of rotatable bonds is 5. The minimum absolute atomic E-state index is 0.0857. The summed E-state index contributed by atoms with van der Waals surface area (Å²) in [5.41, 5.74) is 1.05. The molecule has 20 heavy (non-hydrogen) atoms. The van der Waals surface area contributed by atoms with Crippen molar-refractivity contribution in [2.75, 3.05) is 6.54 Å². The van der Waals surface area contributed by atoms with Crippen LogP contribution in [0.3, 0.4) is 0 Å². The maximum atomic E-state index is 11.9. The van der Waals surface area contributed by atoms with Crippen LogP contribution in [0.2, 0.25) is 0 Å². The first kappa shape index (κ1) is 13.7. The fraction of sp³-hybridized carbons (Fsp3) is 0.231. The molecule has 2 N–H and O–H groups in total. The summed E-state index contributed by atoms with van der Waals surface area (Å²) >= 11 is 0. The number of aromatic nitrogens is 3. The van der Waals surface area contributed by atoms with E-state index in [1.807, 2.05) is 6.07 Å². The molecule has 0 unspecified atom stereocenters. The van der Waals surface area contributed by atoms with Gasteiger partial charge in [-0.25, -0.2) is 9.67 Å². The summed E-state index contributed by atoms with van der Waals surface area (Å²) in [6.07, 6.45) is 2.97. The van der Waals surface area contributed by atoms with Crippen molar-refractivity contribution in [2.45, 2.75) is 13.3 Å². The zero-order valence-electron chi connectivity index (χ0n) is 10.9. The first-order valence-corrected chi connectivity index (χ1v) is 6.05. The van der Waals surface area contributed by atoms with E-state index in [2.05, 4.69) is 15.4 Å². The van der Waals surface area contributed by atoms with Gasteiger partial charge in [0.2, 0.25) is 0 Å². The molecule has 0 saturated carbocycles. The number of carboxylic acids is 1. The molecule has 0 saturated heterocycles. The zero-order chi connectivity index (χ0) is 14.5. The Balaban J connectivity index is 2.13. The van der Waals surface area contributed by atoms with Crippen molar-refractivity contribution in [2.24, 2.45) is 0 Å². The molecule has 0 spiro atoms. The molecule has 0 aromatic carbocycles. The number of amides is 1. The van der Waals surface area contributed by atoms with Crippen LogP contribution in [-0.2, 0) is 4.79 Å². The number of hydrogen-bond acceptors (Lipinski definition) is 4. The summed E-state index contributed by atoms with van der Waals surface area (Å²) < 4.78 is 1.56. The van der Waals surface area contributed by atoms with Gasteiger partial charge in [-0.1, -0.05) is 6.07 Å². The Morgan fingerprint density at radius 2 is 2.20 bits per heavy atom. The van der Waals surface area contributed by atoms with E-state index in [1.54, 1.807) is 29.9 Å². The van der Waals surface area contributed by atoms with Crippen molar-refractivity contribution < 1.29 is 14.7 Å². The van der Waals surface area contributed by atoms with Gasteiger partial charge in [0.1, 0.15) is 0 Å². The molecule has 7 heteroatoms. The summed E-state index contributed by atoms with van der Waals surface area (Å²) in [6, 6.07) is 5.41. The number of nitrogens with zero attached hydrogens (tertiary/aromatic N) is 3. The van der Waals surface area contributed by atoms with Crippen molar-refractivity contribution in [3.8, 4) is 5.82 Å². The van der Waals surface area contributed by atoms with E-state index in [4.69, 9.17) is 5.11 Å². The van der Waals surface area contributed by atoms with E-state index < -0.39 is 5.97 Å². The Kier molecular flexibility index (Phi) is 4.09. The van der Waals surface area contributed by atoms with Crippen LogP contribution < -0.4 is 5.32 Å². The molecule has 0 bridgehead atoms. The van der Waals surface area contributed by atoms with Crippen molar-refractivity contribution in [3.63, 3.8) is 0 Å². The van der Waals surface area contributed by atoms with E-state index in [0.29, 0.717) is 17.1 Å². The molecule has 1 amide bonds. The van der Waals surface area contributed by atoms with Gasteiger partial charge in [-0.05, 0) is 19.1 Å². The topological polar surface area (TPSA) is 97.1 Å². The van der Waals surface area contributed by atoms with Crippen LogP contribution >= 0.6 is 0 Å². The minimum Gasteiger partial charge on any atom is -0.481 e. The summed E-state index contributed by atoms with van der Waals surface area (Å²) in [7, 11) is 0. The Labute approximate surface area is 115 Å². The van der Waals surface area contributed by atoms with Crippen LogP contribution in [0, 0.1) is 6.92 Å². The second-order valence-electron chi connectivity index (χ2n) is 4.14. The molecule has 0 aliphatic heterocycles. The molecule has 0 aliphatic carbocycles. The third-order valence-corrected chi connectivity index (χ3v) is 2.75. The number of hydrogen-bond donors (Lipinski definition) is 2. The van der Waals surface area contributed by atoms with Gasteiger partial charge in [0.25, 0.3) is 5.91 Å². The first-order chi connectivity index (χ1) is 9.59. The fourth-order valence-corrected chi connectivity index (χ4v) is 1.72. The molecular weight excluding hydrogens is 260 g/mol. The minimum atomic E-state index is -0.953. The predicted octanol–water partition coefficient (Wildman–Crippen LogP) is 0.780. The van der Waals surface area contributed by atoms with E-state index in [-0.39, 0.29) is 18.9 Å². The highest BCUT2D eigenvalue weighted by atomic mass is 16.4. The Hall–Kier alpha value is -2.70. The van der Waals surface area contributed by atoms with Crippen LogP contribution in [0.5, 0.6) is 0 Å². The van der Waals surface area contributed by atoms with E-state index in [0.717, 1.165) is 0 Å². The summed E-state index contributed by atoms with van der Waals surface area (Å²) in [5.74, 6) is -0.674. The van der Waals surface area contributed by atoms with Gasteiger partial charge in [0.15, 0.2) is 5.82 Å². The number of carbonyl (C=O) groups excluding carboxylic acids is 1. The number of carboxylic acid groups (broad SMARTS) is 1. The Morgan fingerprint density at radius 1 is 1.40 bits per heavy atom. The largest absolute Gasteiger partial charge is 0.481 e. The van der Waals surface area contributed by atoms with E-state index in [1.165, 1.54) is 6.20 Å². The van der Waals surface area contributed by atoms with Gasteiger partial charge in [-0.3, -0.25) is 9.59 Å². The van der Waals surface area contributed by atoms with Gasteiger partial charge in [-0.15, -0.1) is 0 Å². The van der Waals surface area contributed by atoms with Crippen molar-refractivity contribution >= 4 is 11.9 Å². The molecule has 0 radical (unpaired) electrons. The second kappa shape index (κ2) is 5.96. The van der Waals surface area contributed by atoms with Crippen molar-refractivity contribution in [1.82, 2.24) is 20.1 Å². The van der Waals surface area contributed by atoms with Crippen LogP contribution in [0.4, 0.5) is 0 Å². The summed E-state index contributed by atoms with van der Waals surface area (Å²) in [5, 5.41) is 15.2. The number of nitrogens with one attached hydrogen (secondary N) is 1. The lowest BCUT2D eigenvalue weighted by Crippen LogP contribution is -2.26. The molecule has 7 nitrogen and oxygen atoms in total. The predicted molar refractivity (Wildman–Crippen MR) is 70.7 cm³/mol. The molecule has 2 heterocycles. The lowest BCUT2D eigenvalue weighted by atomic mass is 10.2.